The van der Waals surface area contributed by atoms with Crippen LogP contribution in [-0.2, 0) is 4.74 Å². The molecule has 1 saturated heterocycles. The van der Waals surface area contributed by atoms with Crippen LogP contribution < -0.4 is 10.6 Å². The molecule has 1 aliphatic heterocycles. The molecule has 1 aromatic heterocycles. The van der Waals surface area contributed by atoms with E-state index in [1.165, 1.54) is 0 Å². The minimum Gasteiger partial charge on any atom is -0.384 e. The maximum atomic E-state index is 7.67. The number of nitrogens with zero attached hydrogens (tertiary/aromatic N) is 2. The number of rotatable bonds is 2. The maximum Gasteiger partial charge on any atom is 0.139 e. The minimum absolute atomic E-state index is 0.0738. The Morgan fingerprint density at radius 2 is 2.41 bits per heavy atom. The van der Waals surface area contributed by atoms with E-state index in [1.54, 1.807) is 6.20 Å². The summed E-state index contributed by atoms with van der Waals surface area (Å²) in [4.78, 5) is 6.51. The van der Waals surface area contributed by atoms with Gasteiger partial charge in [0, 0.05) is 19.3 Å². The van der Waals surface area contributed by atoms with Gasteiger partial charge in [-0.15, -0.1) is 0 Å². The Balaban J connectivity index is 2.37. The molecule has 3 N–H and O–H groups in total. The Morgan fingerprint density at radius 1 is 1.65 bits per heavy atom. The molecule has 17 heavy (non-hydrogen) atoms. The number of ether oxygens (including phenoxy) is 1. The second kappa shape index (κ2) is 4.71. The zero-order valence-corrected chi connectivity index (χ0v) is 10.2. The normalized spacial score (nSPS) is 20.4. The highest BCUT2D eigenvalue weighted by Gasteiger charge is 2.22. The fourth-order valence-electron chi connectivity index (χ4n) is 2.13. The van der Waals surface area contributed by atoms with Crippen molar-refractivity contribution in [3.63, 3.8) is 0 Å². The van der Waals surface area contributed by atoms with Crippen LogP contribution in [0.2, 0.25) is 0 Å². The van der Waals surface area contributed by atoms with Crippen LogP contribution in [0.15, 0.2) is 12.3 Å². The van der Waals surface area contributed by atoms with Crippen molar-refractivity contribution >= 4 is 11.7 Å². The molecule has 0 amide bonds. The van der Waals surface area contributed by atoms with E-state index in [2.05, 4.69) is 9.88 Å². The first-order chi connectivity index (χ1) is 8.09. The molecule has 5 heteroatoms. The lowest BCUT2D eigenvalue weighted by Crippen LogP contribution is -2.42. The standard InChI is InChI=1S/C12H18N4O/c1-8-3-4-15-12(10(8)11(13)14)16-5-6-17-9(2)7-16/h3-4,9H,5-7H2,1-2H3,(H3,13,14). The number of aryl methyl sites for hydroxylation is 1. The molecule has 2 rings (SSSR count). The molecule has 1 aliphatic rings. The summed E-state index contributed by atoms with van der Waals surface area (Å²) in [6, 6.07) is 1.88. The fraction of sp³-hybridized carbons (Fsp3) is 0.500. The third-order valence-corrected chi connectivity index (χ3v) is 2.95. The molecule has 1 unspecified atom stereocenters. The Kier molecular flexibility index (Phi) is 3.28. The number of aromatic nitrogens is 1. The van der Waals surface area contributed by atoms with E-state index in [1.807, 2.05) is 19.9 Å². The summed E-state index contributed by atoms with van der Waals surface area (Å²) in [7, 11) is 0. The molecule has 2 heterocycles. The summed E-state index contributed by atoms with van der Waals surface area (Å²) in [5.41, 5.74) is 7.37. The first kappa shape index (κ1) is 11.9. The number of amidine groups is 1. The van der Waals surface area contributed by atoms with Crippen molar-refractivity contribution in [3.8, 4) is 0 Å². The van der Waals surface area contributed by atoms with E-state index in [-0.39, 0.29) is 11.9 Å². The number of hydrogen-bond donors (Lipinski definition) is 2. The van der Waals surface area contributed by atoms with E-state index in [0.29, 0.717) is 6.61 Å². The zero-order chi connectivity index (χ0) is 12.4. The molecule has 5 nitrogen and oxygen atoms in total. The van der Waals surface area contributed by atoms with Crippen LogP contribution in [0.3, 0.4) is 0 Å². The predicted octanol–water partition coefficient (Wildman–Crippen LogP) is 0.899. The number of nitrogen functional groups attached to an aromatic ring is 1. The summed E-state index contributed by atoms with van der Waals surface area (Å²) in [5.74, 6) is 0.873. The van der Waals surface area contributed by atoms with Crippen molar-refractivity contribution in [3.05, 3.63) is 23.4 Å². The Labute approximate surface area is 101 Å². The summed E-state index contributed by atoms with van der Waals surface area (Å²) in [5, 5.41) is 7.67. The van der Waals surface area contributed by atoms with Crippen LogP contribution in [0.25, 0.3) is 0 Å². The number of anilines is 1. The Morgan fingerprint density at radius 3 is 3.06 bits per heavy atom. The lowest BCUT2D eigenvalue weighted by atomic mass is 10.1. The third kappa shape index (κ3) is 2.39. The van der Waals surface area contributed by atoms with Crippen molar-refractivity contribution in [1.29, 1.82) is 5.41 Å². The SMILES string of the molecule is Cc1ccnc(N2CCOC(C)C2)c1C(=N)N. The highest BCUT2D eigenvalue weighted by molar-refractivity contribution is 6.01. The largest absolute Gasteiger partial charge is 0.384 e. The number of pyridine rings is 1. The number of morpholine rings is 1. The third-order valence-electron chi connectivity index (χ3n) is 2.95. The molecule has 0 aliphatic carbocycles. The van der Waals surface area contributed by atoms with Gasteiger partial charge in [-0.05, 0) is 25.5 Å². The second-order valence-electron chi connectivity index (χ2n) is 4.37. The van der Waals surface area contributed by atoms with Gasteiger partial charge in [0.25, 0.3) is 0 Å². The average molecular weight is 234 g/mol. The van der Waals surface area contributed by atoms with E-state index in [4.69, 9.17) is 15.9 Å². The van der Waals surface area contributed by atoms with E-state index >= 15 is 0 Å². The quantitative estimate of drug-likeness (QED) is 0.589. The molecule has 0 saturated carbocycles. The molecular weight excluding hydrogens is 216 g/mol. The molecule has 0 spiro atoms. The molecule has 1 fully saturated rings. The lowest BCUT2D eigenvalue weighted by molar-refractivity contribution is 0.0529. The number of nitrogens with one attached hydrogen (secondary N) is 1. The highest BCUT2D eigenvalue weighted by Crippen LogP contribution is 2.22. The molecule has 92 valence electrons. The van der Waals surface area contributed by atoms with E-state index < -0.39 is 0 Å². The van der Waals surface area contributed by atoms with Gasteiger partial charge in [0.05, 0.1) is 18.3 Å². The number of nitrogens with two attached hydrogens (primary N) is 1. The molecule has 1 atom stereocenters. The van der Waals surface area contributed by atoms with Crippen molar-refractivity contribution in [2.45, 2.75) is 20.0 Å². The molecular formula is C12H18N4O. The van der Waals surface area contributed by atoms with Crippen molar-refractivity contribution in [2.75, 3.05) is 24.6 Å². The van der Waals surface area contributed by atoms with Crippen molar-refractivity contribution < 1.29 is 4.74 Å². The lowest BCUT2D eigenvalue weighted by Gasteiger charge is -2.33. The van der Waals surface area contributed by atoms with Crippen molar-refractivity contribution in [2.24, 2.45) is 5.73 Å². The summed E-state index contributed by atoms with van der Waals surface area (Å²) in [6.45, 7) is 6.26. The average Bonchev–Trinajstić information content (AvgIpc) is 2.28. The van der Waals surface area contributed by atoms with Crippen LogP contribution in [0, 0.1) is 12.3 Å². The van der Waals surface area contributed by atoms with Gasteiger partial charge in [-0.2, -0.15) is 0 Å². The first-order valence-corrected chi connectivity index (χ1v) is 5.76. The molecule has 0 aromatic carbocycles. The van der Waals surface area contributed by atoms with Gasteiger partial charge in [-0.3, -0.25) is 5.41 Å². The summed E-state index contributed by atoms with van der Waals surface area (Å²) in [6.07, 6.45) is 1.95. The van der Waals surface area contributed by atoms with Crippen LogP contribution in [0.4, 0.5) is 5.82 Å². The highest BCUT2D eigenvalue weighted by atomic mass is 16.5. The monoisotopic (exact) mass is 234 g/mol. The predicted molar refractivity (Wildman–Crippen MR) is 67.6 cm³/mol. The van der Waals surface area contributed by atoms with Crippen LogP contribution in [0.5, 0.6) is 0 Å². The van der Waals surface area contributed by atoms with Gasteiger partial charge in [0.1, 0.15) is 11.7 Å². The van der Waals surface area contributed by atoms with Gasteiger partial charge >= 0.3 is 0 Å². The molecule has 1 aromatic rings. The Hall–Kier alpha value is -1.62. The van der Waals surface area contributed by atoms with E-state index in [9.17, 15) is 0 Å². The van der Waals surface area contributed by atoms with E-state index in [0.717, 1.165) is 30.0 Å². The summed E-state index contributed by atoms with van der Waals surface area (Å²) < 4.78 is 5.51. The fourth-order valence-corrected chi connectivity index (χ4v) is 2.13. The van der Waals surface area contributed by atoms with Crippen LogP contribution >= 0.6 is 0 Å². The number of hydrogen-bond acceptors (Lipinski definition) is 4. The molecule has 0 bridgehead atoms. The minimum atomic E-state index is 0.0738. The van der Waals surface area contributed by atoms with Gasteiger partial charge < -0.3 is 15.4 Å². The first-order valence-electron chi connectivity index (χ1n) is 5.76. The second-order valence-corrected chi connectivity index (χ2v) is 4.37. The van der Waals surface area contributed by atoms with Crippen molar-refractivity contribution in [1.82, 2.24) is 4.98 Å². The van der Waals surface area contributed by atoms with Gasteiger partial charge in [0.2, 0.25) is 0 Å². The van der Waals surface area contributed by atoms with Gasteiger partial charge in [0.15, 0.2) is 0 Å². The topological polar surface area (TPSA) is 75.2 Å². The van der Waals surface area contributed by atoms with Crippen LogP contribution in [0.1, 0.15) is 18.1 Å². The van der Waals surface area contributed by atoms with Gasteiger partial charge in [-0.25, -0.2) is 4.98 Å². The maximum absolute atomic E-state index is 7.67. The smallest absolute Gasteiger partial charge is 0.139 e. The Bertz CT molecular complexity index is 433. The van der Waals surface area contributed by atoms with Gasteiger partial charge in [-0.1, -0.05) is 0 Å². The van der Waals surface area contributed by atoms with Crippen LogP contribution in [-0.4, -0.2) is 36.6 Å². The molecule has 0 radical (unpaired) electrons. The summed E-state index contributed by atoms with van der Waals surface area (Å²) >= 11 is 0. The zero-order valence-electron chi connectivity index (χ0n) is 10.2.